The van der Waals surface area contributed by atoms with Crippen LogP contribution in [0.3, 0.4) is 0 Å². The van der Waals surface area contributed by atoms with Crippen molar-refractivity contribution >= 4 is 11.6 Å². The van der Waals surface area contributed by atoms with E-state index in [1.54, 1.807) is 7.11 Å². The molecular weight excluding hydrogens is 228 g/mol. The third-order valence-corrected chi connectivity index (χ3v) is 3.12. The number of carbonyl (C=O) groups is 1. The number of benzene rings is 1. The Morgan fingerprint density at radius 3 is 3.22 bits per heavy atom. The average molecular weight is 248 g/mol. The van der Waals surface area contributed by atoms with Gasteiger partial charge in [0.05, 0.1) is 0 Å². The molecule has 1 aromatic carbocycles. The number of rotatable bonds is 5. The summed E-state index contributed by atoms with van der Waals surface area (Å²) < 4.78 is 4.94. The first-order valence-corrected chi connectivity index (χ1v) is 6.45. The van der Waals surface area contributed by atoms with Gasteiger partial charge in [0.15, 0.2) is 0 Å². The molecule has 0 saturated carbocycles. The van der Waals surface area contributed by atoms with Gasteiger partial charge in [-0.1, -0.05) is 0 Å². The SMILES string of the molecule is COCCCNC(=O)c1ccc2c(c1)CCCN2. The van der Waals surface area contributed by atoms with Gasteiger partial charge in [0.25, 0.3) is 5.91 Å². The van der Waals surface area contributed by atoms with Gasteiger partial charge in [-0.05, 0) is 43.0 Å². The Morgan fingerprint density at radius 1 is 1.50 bits per heavy atom. The first-order valence-electron chi connectivity index (χ1n) is 6.45. The van der Waals surface area contributed by atoms with Gasteiger partial charge in [0.2, 0.25) is 0 Å². The summed E-state index contributed by atoms with van der Waals surface area (Å²) in [5.41, 5.74) is 3.15. The zero-order valence-electron chi connectivity index (χ0n) is 10.8. The fraction of sp³-hybridized carbons (Fsp3) is 0.500. The van der Waals surface area contributed by atoms with Crippen LogP contribution in [-0.4, -0.2) is 32.7 Å². The van der Waals surface area contributed by atoms with Gasteiger partial charge in [-0.3, -0.25) is 4.79 Å². The van der Waals surface area contributed by atoms with E-state index in [4.69, 9.17) is 4.74 Å². The Kier molecular flexibility index (Phi) is 4.59. The van der Waals surface area contributed by atoms with E-state index < -0.39 is 0 Å². The van der Waals surface area contributed by atoms with E-state index in [0.717, 1.165) is 37.1 Å². The molecule has 0 bridgehead atoms. The first kappa shape index (κ1) is 12.9. The summed E-state index contributed by atoms with van der Waals surface area (Å²) in [5.74, 6) is -0.000485. The zero-order chi connectivity index (χ0) is 12.8. The molecule has 0 saturated heterocycles. The maximum atomic E-state index is 11.9. The van der Waals surface area contributed by atoms with Gasteiger partial charge in [0.1, 0.15) is 0 Å². The number of amides is 1. The molecule has 0 fully saturated rings. The van der Waals surface area contributed by atoms with Crippen LogP contribution in [0.5, 0.6) is 0 Å². The number of nitrogens with one attached hydrogen (secondary N) is 2. The fourth-order valence-corrected chi connectivity index (χ4v) is 2.14. The number of ether oxygens (including phenoxy) is 1. The van der Waals surface area contributed by atoms with Crippen LogP contribution in [0, 0.1) is 0 Å². The summed E-state index contributed by atoms with van der Waals surface area (Å²) in [7, 11) is 1.66. The van der Waals surface area contributed by atoms with Crippen LogP contribution in [0.15, 0.2) is 18.2 Å². The largest absolute Gasteiger partial charge is 0.385 e. The summed E-state index contributed by atoms with van der Waals surface area (Å²) in [6, 6.07) is 5.87. The highest BCUT2D eigenvalue weighted by molar-refractivity contribution is 5.94. The second-order valence-electron chi connectivity index (χ2n) is 4.50. The Labute approximate surface area is 108 Å². The number of hydrogen-bond donors (Lipinski definition) is 2. The Balaban J connectivity index is 1.94. The quantitative estimate of drug-likeness (QED) is 0.781. The Morgan fingerprint density at radius 2 is 2.39 bits per heavy atom. The van der Waals surface area contributed by atoms with E-state index in [-0.39, 0.29) is 5.91 Å². The minimum Gasteiger partial charge on any atom is -0.385 e. The smallest absolute Gasteiger partial charge is 0.251 e. The predicted molar refractivity (Wildman–Crippen MR) is 72.1 cm³/mol. The number of fused-ring (bicyclic) bond motifs is 1. The van der Waals surface area contributed by atoms with Crippen molar-refractivity contribution < 1.29 is 9.53 Å². The van der Waals surface area contributed by atoms with Crippen molar-refractivity contribution in [3.63, 3.8) is 0 Å². The van der Waals surface area contributed by atoms with Crippen LogP contribution in [0.2, 0.25) is 0 Å². The van der Waals surface area contributed by atoms with E-state index in [0.29, 0.717) is 13.2 Å². The standard InChI is InChI=1S/C14H20N2O2/c1-18-9-3-8-16-14(17)12-5-6-13-11(10-12)4-2-7-15-13/h5-6,10,15H,2-4,7-9H2,1H3,(H,16,17). The molecule has 4 heteroatoms. The summed E-state index contributed by atoms with van der Waals surface area (Å²) in [6.07, 6.45) is 3.02. The molecule has 0 aromatic heterocycles. The van der Waals surface area contributed by atoms with E-state index in [1.165, 1.54) is 5.56 Å². The Bertz CT molecular complexity index is 418. The lowest BCUT2D eigenvalue weighted by molar-refractivity contribution is 0.0948. The predicted octanol–water partition coefficient (Wildman–Crippen LogP) is 1.81. The van der Waals surface area contributed by atoms with E-state index in [2.05, 4.69) is 10.6 Å². The maximum absolute atomic E-state index is 11.9. The van der Waals surface area contributed by atoms with Gasteiger partial charge < -0.3 is 15.4 Å². The lowest BCUT2D eigenvalue weighted by atomic mass is 10.0. The summed E-state index contributed by atoms with van der Waals surface area (Å²) >= 11 is 0. The molecule has 1 amide bonds. The zero-order valence-corrected chi connectivity index (χ0v) is 10.8. The number of aryl methyl sites for hydroxylation is 1. The number of carbonyl (C=O) groups excluding carboxylic acids is 1. The van der Waals surface area contributed by atoms with Crippen molar-refractivity contribution in [1.29, 1.82) is 0 Å². The normalized spacial score (nSPS) is 13.6. The van der Waals surface area contributed by atoms with E-state index in [1.807, 2.05) is 18.2 Å². The fourth-order valence-electron chi connectivity index (χ4n) is 2.14. The summed E-state index contributed by atoms with van der Waals surface area (Å²) in [6.45, 7) is 2.35. The van der Waals surface area contributed by atoms with Crippen molar-refractivity contribution in [3.8, 4) is 0 Å². The highest BCUT2D eigenvalue weighted by Gasteiger charge is 2.11. The molecule has 1 aromatic rings. The Hall–Kier alpha value is -1.55. The number of methoxy groups -OCH3 is 1. The minimum atomic E-state index is -0.000485. The number of anilines is 1. The third-order valence-electron chi connectivity index (χ3n) is 3.12. The first-order chi connectivity index (χ1) is 8.81. The maximum Gasteiger partial charge on any atom is 0.251 e. The van der Waals surface area contributed by atoms with Crippen molar-refractivity contribution in [2.24, 2.45) is 0 Å². The molecule has 2 rings (SSSR count). The van der Waals surface area contributed by atoms with Crippen molar-refractivity contribution in [2.75, 3.05) is 32.1 Å². The molecule has 1 aliphatic heterocycles. The summed E-state index contributed by atoms with van der Waals surface area (Å²) in [4.78, 5) is 11.9. The van der Waals surface area contributed by atoms with Crippen molar-refractivity contribution in [3.05, 3.63) is 29.3 Å². The molecule has 1 heterocycles. The number of hydrogen-bond acceptors (Lipinski definition) is 3. The van der Waals surface area contributed by atoms with Gasteiger partial charge in [0, 0.05) is 38.1 Å². The van der Waals surface area contributed by atoms with E-state index in [9.17, 15) is 4.79 Å². The third kappa shape index (κ3) is 3.23. The molecular formula is C14H20N2O2. The van der Waals surface area contributed by atoms with Crippen LogP contribution >= 0.6 is 0 Å². The van der Waals surface area contributed by atoms with Crippen LogP contribution in [0.1, 0.15) is 28.8 Å². The molecule has 0 radical (unpaired) electrons. The summed E-state index contributed by atoms with van der Waals surface area (Å²) in [5, 5.41) is 6.24. The monoisotopic (exact) mass is 248 g/mol. The lowest BCUT2D eigenvalue weighted by Crippen LogP contribution is -2.25. The van der Waals surface area contributed by atoms with Gasteiger partial charge in [-0.15, -0.1) is 0 Å². The van der Waals surface area contributed by atoms with E-state index >= 15 is 0 Å². The highest BCUT2D eigenvalue weighted by atomic mass is 16.5. The molecule has 18 heavy (non-hydrogen) atoms. The molecule has 4 nitrogen and oxygen atoms in total. The van der Waals surface area contributed by atoms with Crippen LogP contribution in [0.4, 0.5) is 5.69 Å². The van der Waals surface area contributed by atoms with Crippen molar-refractivity contribution in [1.82, 2.24) is 5.32 Å². The minimum absolute atomic E-state index is 0.000485. The lowest BCUT2D eigenvalue weighted by Gasteiger charge is -2.18. The second kappa shape index (κ2) is 6.40. The van der Waals surface area contributed by atoms with Crippen LogP contribution in [-0.2, 0) is 11.2 Å². The van der Waals surface area contributed by atoms with Gasteiger partial charge in [-0.25, -0.2) is 0 Å². The van der Waals surface area contributed by atoms with Crippen molar-refractivity contribution in [2.45, 2.75) is 19.3 Å². The van der Waals surface area contributed by atoms with Crippen LogP contribution in [0.25, 0.3) is 0 Å². The van der Waals surface area contributed by atoms with Gasteiger partial charge >= 0.3 is 0 Å². The topological polar surface area (TPSA) is 50.4 Å². The van der Waals surface area contributed by atoms with Gasteiger partial charge in [-0.2, -0.15) is 0 Å². The molecule has 0 atom stereocenters. The second-order valence-corrected chi connectivity index (χ2v) is 4.50. The average Bonchev–Trinajstić information content (AvgIpc) is 2.43. The van der Waals surface area contributed by atoms with Crippen LogP contribution < -0.4 is 10.6 Å². The molecule has 0 spiro atoms. The highest BCUT2D eigenvalue weighted by Crippen LogP contribution is 2.22. The molecule has 2 N–H and O–H groups in total. The molecule has 98 valence electrons. The molecule has 0 unspecified atom stereocenters. The molecule has 0 aliphatic carbocycles. The molecule has 1 aliphatic rings.